The summed E-state index contributed by atoms with van der Waals surface area (Å²) in [7, 11) is 0. The van der Waals surface area contributed by atoms with Crippen LogP contribution in [0, 0.1) is 6.92 Å². The van der Waals surface area contributed by atoms with Crippen LogP contribution in [-0.2, 0) is 4.79 Å². The van der Waals surface area contributed by atoms with Gasteiger partial charge in [0.2, 0.25) is 5.91 Å². The van der Waals surface area contributed by atoms with E-state index in [0.717, 1.165) is 29.7 Å². The van der Waals surface area contributed by atoms with Gasteiger partial charge in [0.05, 0.1) is 27.5 Å². The second-order valence-electron chi connectivity index (χ2n) is 12.2. The maximum atomic E-state index is 14.2. The van der Waals surface area contributed by atoms with E-state index in [0.29, 0.717) is 52.3 Å². The summed E-state index contributed by atoms with van der Waals surface area (Å²) in [6.45, 7) is 14.8. The molecule has 222 valence electrons. The first-order valence-electron chi connectivity index (χ1n) is 15.0. The number of carbonyl (C=O) groups excluding carboxylic acids is 1. The number of hydrogen-bond donors (Lipinski definition) is 0. The van der Waals surface area contributed by atoms with Crippen LogP contribution in [0.25, 0.3) is 28.0 Å². The van der Waals surface area contributed by atoms with Crippen molar-refractivity contribution in [3.05, 3.63) is 87.6 Å². The summed E-state index contributed by atoms with van der Waals surface area (Å²) in [6, 6.07) is 11.9. The van der Waals surface area contributed by atoms with Crippen LogP contribution >= 0.6 is 11.6 Å². The highest BCUT2D eigenvalue weighted by molar-refractivity contribution is 6.34. The summed E-state index contributed by atoms with van der Waals surface area (Å²) in [5, 5.41) is 1.18. The number of halogens is 1. The predicted octanol–water partition coefficient (Wildman–Crippen LogP) is 6.42. The Balaban J connectivity index is 1.63. The van der Waals surface area contributed by atoms with Gasteiger partial charge in [0.25, 0.3) is 0 Å². The van der Waals surface area contributed by atoms with Gasteiger partial charge in [-0.05, 0) is 74.8 Å². The number of amides is 1. The summed E-state index contributed by atoms with van der Waals surface area (Å²) < 4.78 is 1.61. The maximum Gasteiger partial charge on any atom is 0.355 e. The molecule has 2 aliphatic rings. The number of aryl methyl sites for hydroxylation is 1. The van der Waals surface area contributed by atoms with Crippen molar-refractivity contribution in [2.75, 3.05) is 18.0 Å². The number of anilines is 1. The summed E-state index contributed by atoms with van der Waals surface area (Å²) in [5.74, 6) is 0.967. The number of piperazine rings is 1. The lowest BCUT2D eigenvalue weighted by molar-refractivity contribution is -0.128. The lowest BCUT2D eigenvalue weighted by Gasteiger charge is -2.44. The van der Waals surface area contributed by atoms with Crippen LogP contribution in [0.4, 0.5) is 5.82 Å². The van der Waals surface area contributed by atoms with E-state index in [1.807, 2.05) is 43.9 Å². The summed E-state index contributed by atoms with van der Waals surface area (Å²) >= 11 is 7.07. The van der Waals surface area contributed by atoms with Crippen LogP contribution in [0.5, 0.6) is 0 Å². The number of pyridine rings is 2. The molecule has 1 aliphatic carbocycles. The highest BCUT2D eigenvalue weighted by atomic mass is 35.5. The lowest BCUT2D eigenvalue weighted by atomic mass is 9.99. The van der Waals surface area contributed by atoms with Crippen molar-refractivity contribution >= 4 is 34.4 Å². The first-order chi connectivity index (χ1) is 20.6. The third kappa shape index (κ3) is 5.12. The Morgan fingerprint density at radius 3 is 2.53 bits per heavy atom. The van der Waals surface area contributed by atoms with Crippen molar-refractivity contribution in [3.63, 3.8) is 0 Å². The minimum absolute atomic E-state index is 0.0650. The third-order valence-electron chi connectivity index (χ3n) is 8.68. The molecule has 1 saturated carbocycles. The van der Waals surface area contributed by atoms with Gasteiger partial charge in [-0.25, -0.2) is 14.3 Å². The summed E-state index contributed by atoms with van der Waals surface area (Å²) in [6.07, 6.45) is 5.41. The largest absolute Gasteiger partial charge is 0.355 e. The van der Waals surface area contributed by atoms with Gasteiger partial charge in [0.15, 0.2) is 5.65 Å². The Morgan fingerprint density at radius 1 is 1.09 bits per heavy atom. The number of carbonyl (C=O) groups is 1. The number of fused-ring (bicyclic) bond motifs is 1. The normalized spacial score (nSPS) is 18.9. The zero-order valence-corrected chi connectivity index (χ0v) is 26.1. The van der Waals surface area contributed by atoms with Crippen molar-refractivity contribution in [1.82, 2.24) is 24.4 Å². The van der Waals surface area contributed by atoms with Gasteiger partial charge in [-0.3, -0.25) is 9.78 Å². The van der Waals surface area contributed by atoms with Gasteiger partial charge < -0.3 is 9.80 Å². The monoisotopic (exact) mass is 596 g/mol. The van der Waals surface area contributed by atoms with Crippen LogP contribution in [0.1, 0.15) is 69.2 Å². The number of aromatic nitrogens is 4. The average Bonchev–Trinajstić information content (AvgIpc) is 3.83. The molecule has 43 heavy (non-hydrogen) atoms. The molecule has 4 heterocycles. The number of benzene rings is 1. The third-order valence-corrected chi connectivity index (χ3v) is 8.96. The van der Waals surface area contributed by atoms with Gasteiger partial charge in [-0.15, -0.1) is 0 Å². The van der Waals surface area contributed by atoms with E-state index in [4.69, 9.17) is 21.6 Å². The molecule has 4 aromatic rings. The Labute approximate surface area is 257 Å². The molecule has 0 unspecified atom stereocenters. The van der Waals surface area contributed by atoms with Gasteiger partial charge in [-0.1, -0.05) is 56.3 Å². The molecule has 0 radical (unpaired) electrons. The molecular formula is C34H37ClN6O2. The van der Waals surface area contributed by atoms with E-state index >= 15 is 0 Å². The van der Waals surface area contributed by atoms with Crippen molar-refractivity contribution in [2.24, 2.45) is 0 Å². The fourth-order valence-corrected chi connectivity index (χ4v) is 6.56. The van der Waals surface area contributed by atoms with E-state index in [1.165, 1.54) is 11.6 Å². The zero-order chi connectivity index (χ0) is 30.6. The van der Waals surface area contributed by atoms with Gasteiger partial charge in [0, 0.05) is 36.9 Å². The quantitative estimate of drug-likeness (QED) is 0.239. The van der Waals surface area contributed by atoms with Crippen LogP contribution < -0.4 is 10.6 Å². The number of hydrogen-bond acceptors (Lipinski definition) is 6. The summed E-state index contributed by atoms with van der Waals surface area (Å²) in [4.78, 5) is 45.2. The Bertz CT molecular complexity index is 1810. The predicted molar refractivity (Wildman–Crippen MR) is 172 cm³/mol. The molecule has 1 saturated heterocycles. The van der Waals surface area contributed by atoms with Gasteiger partial charge in [0.1, 0.15) is 5.82 Å². The van der Waals surface area contributed by atoms with E-state index < -0.39 is 5.69 Å². The molecule has 1 aromatic carbocycles. The summed E-state index contributed by atoms with van der Waals surface area (Å²) in [5.41, 5.74) is 5.33. The second kappa shape index (κ2) is 11.2. The molecule has 2 fully saturated rings. The van der Waals surface area contributed by atoms with E-state index in [2.05, 4.69) is 48.5 Å². The highest BCUT2D eigenvalue weighted by Crippen LogP contribution is 2.45. The zero-order valence-electron chi connectivity index (χ0n) is 25.3. The van der Waals surface area contributed by atoms with Crippen LogP contribution in [0.3, 0.4) is 0 Å². The topological polar surface area (TPSA) is 84.2 Å². The first kappa shape index (κ1) is 29.1. The Morgan fingerprint density at radius 2 is 1.84 bits per heavy atom. The second-order valence-corrected chi connectivity index (χ2v) is 12.6. The molecule has 8 nitrogen and oxygen atoms in total. The standard InChI is InChI=1S/C34H37ClN6O2/c1-7-28(42)39-17-22(6)40(18-21(39)5)32-26-16-27(35)30(25-11-9-8-10-24(25)23-12-13-23)37-33(26)41(34(43)38-32)31-20(4)14-15-36-29(31)19(2)3/h7-11,14-16,19,21-23H,1,12-13,17-18H2,2-6H3/t21-,22+/m1/s1. The maximum absolute atomic E-state index is 14.2. The number of rotatable bonds is 6. The number of nitrogens with zero attached hydrogens (tertiary/aromatic N) is 6. The van der Waals surface area contributed by atoms with Gasteiger partial charge in [-0.2, -0.15) is 4.98 Å². The van der Waals surface area contributed by atoms with Crippen molar-refractivity contribution in [3.8, 4) is 16.9 Å². The SMILES string of the molecule is C=CC(=O)N1C[C@H](C)N(c2nc(=O)n(-c3c(C)ccnc3C(C)C)c3nc(-c4ccccc4C4CC4)c(Cl)cc23)C[C@H]1C. The molecule has 1 aliphatic heterocycles. The molecule has 2 atom stereocenters. The fraction of sp³-hybridized carbons (Fsp3) is 0.382. The van der Waals surface area contributed by atoms with Crippen LogP contribution in [0.15, 0.2) is 60.0 Å². The molecule has 3 aromatic heterocycles. The lowest BCUT2D eigenvalue weighted by Crippen LogP contribution is -2.58. The molecule has 0 spiro atoms. The average molecular weight is 597 g/mol. The van der Waals surface area contributed by atoms with Crippen molar-refractivity contribution < 1.29 is 4.79 Å². The Hall–Kier alpha value is -4.04. The van der Waals surface area contributed by atoms with Crippen LogP contribution in [-0.4, -0.2) is 55.5 Å². The minimum Gasteiger partial charge on any atom is -0.349 e. The molecule has 0 N–H and O–H groups in total. The van der Waals surface area contributed by atoms with Crippen molar-refractivity contribution in [2.45, 2.75) is 71.4 Å². The molecular weight excluding hydrogens is 560 g/mol. The molecule has 6 rings (SSSR count). The molecule has 9 heteroatoms. The first-order valence-corrected chi connectivity index (χ1v) is 15.4. The Kier molecular flexibility index (Phi) is 7.59. The van der Waals surface area contributed by atoms with Crippen molar-refractivity contribution in [1.29, 1.82) is 0 Å². The molecule has 1 amide bonds. The van der Waals surface area contributed by atoms with E-state index in [1.54, 1.807) is 10.8 Å². The minimum atomic E-state index is -0.429. The van der Waals surface area contributed by atoms with E-state index in [9.17, 15) is 9.59 Å². The fourth-order valence-electron chi connectivity index (χ4n) is 6.31. The van der Waals surface area contributed by atoms with E-state index in [-0.39, 0.29) is 23.9 Å². The van der Waals surface area contributed by atoms with Gasteiger partial charge >= 0.3 is 5.69 Å². The smallest absolute Gasteiger partial charge is 0.349 e. The van der Waals surface area contributed by atoms with Crippen LogP contribution in [0.2, 0.25) is 5.02 Å². The molecule has 0 bridgehead atoms. The highest BCUT2D eigenvalue weighted by Gasteiger charge is 2.34.